The van der Waals surface area contributed by atoms with E-state index >= 15 is 0 Å². The van der Waals surface area contributed by atoms with E-state index in [4.69, 9.17) is 5.26 Å². The van der Waals surface area contributed by atoms with Crippen molar-refractivity contribution in [2.45, 2.75) is 32.2 Å². The first kappa shape index (κ1) is 10.4. The fraction of sp³-hybridized carbons (Fsp3) is 0.818. The predicted molar refractivity (Wildman–Crippen MR) is 55.9 cm³/mol. The molecule has 0 bridgehead atoms. The highest BCUT2D eigenvalue weighted by molar-refractivity contribution is 5.82. The van der Waals surface area contributed by atoms with Crippen molar-refractivity contribution in [3.05, 3.63) is 0 Å². The van der Waals surface area contributed by atoms with Gasteiger partial charge in [0.05, 0.1) is 12.1 Å². The summed E-state index contributed by atoms with van der Waals surface area (Å²) >= 11 is 0. The van der Waals surface area contributed by atoms with Gasteiger partial charge in [-0.3, -0.25) is 4.79 Å². The summed E-state index contributed by atoms with van der Waals surface area (Å²) in [6.07, 6.45) is 2.80. The number of carbonyl (C=O) groups is 1. The van der Waals surface area contributed by atoms with Crippen LogP contribution in [0.1, 0.15) is 26.2 Å². The molecule has 2 fully saturated rings. The standard InChI is InChI=1S/C11H17N3O/c1-9-10(15)14(7-6-13-9)8-11(2-3-11)4-5-12/h9,13H,2-4,6-8H2,1H3. The molecule has 1 heterocycles. The molecule has 2 rings (SSSR count). The minimum absolute atomic E-state index is 0.0587. The maximum atomic E-state index is 11.8. The summed E-state index contributed by atoms with van der Waals surface area (Å²) in [7, 11) is 0. The Morgan fingerprint density at radius 3 is 3.00 bits per heavy atom. The summed E-state index contributed by atoms with van der Waals surface area (Å²) in [5.74, 6) is 0.186. The van der Waals surface area contributed by atoms with Crippen molar-refractivity contribution in [1.82, 2.24) is 10.2 Å². The summed E-state index contributed by atoms with van der Waals surface area (Å²) in [4.78, 5) is 13.7. The second-order valence-corrected chi connectivity index (χ2v) is 4.77. The molecule has 1 N–H and O–H groups in total. The lowest BCUT2D eigenvalue weighted by atomic mass is 10.0. The number of hydrogen-bond acceptors (Lipinski definition) is 3. The van der Waals surface area contributed by atoms with Gasteiger partial charge in [-0.05, 0) is 19.8 Å². The van der Waals surface area contributed by atoms with E-state index in [0.717, 1.165) is 32.5 Å². The molecule has 1 aliphatic heterocycles. The van der Waals surface area contributed by atoms with Crippen LogP contribution in [0.5, 0.6) is 0 Å². The van der Waals surface area contributed by atoms with E-state index in [-0.39, 0.29) is 17.4 Å². The van der Waals surface area contributed by atoms with E-state index in [1.807, 2.05) is 11.8 Å². The zero-order valence-corrected chi connectivity index (χ0v) is 9.12. The predicted octanol–water partition coefficient (Wildman–Crippen LogP) is 0.501. The number of carbonyl (C=O) groups excluding carboxylic acids is 1. The van der Waals surface area contributed by atoms with Crippen LogP contribution in [0.4, 0.5) is 0 Å². The molecular weight excluding hydrogens is 190 g/mol. The molecule has 1 atom stereocenters. The fourth-order valence-corrected chi connectivity index (χ4v) is 2.18. The van der Waals surface area contributed by atoms with Crippen molar-refractivity contribution in [2.75, 3.05) is 19.6 Å². The molecule has 1 aliphatic carbocycles. The van der Waals surface area contributed by atoms with E-state index in [0.29, 0.717) is 6.42 Å². The molecule has 2 aliphatic rings. The van der Waals surface area contributed by atoms with Gasteiger partial charge in [-0.25, -0.2) is 0 Å². The lowest BCUT2D eigenvalue weighted by molar-refractivity contribution is -0.136. The quantitative estimate of drug-likeness (QED) is 0.733. The zero-order valence-electron chi connectivity index (χ0n) is 9.12. The Kier molecular flexibility index (Phi) is 2.66. The molecular formula is C11H17N3O. The van der Waals surface area contributed by atoms with Gasteiger partial charge in [0.2, 0.25) is 5.91 Å². The highest BCUT2D eigenvalue weighted by Gasteiger charge is 2.45. The normalized spacial score (nSPS) is 28.7. The summed E-state index contributed by atoms with van der Waals surface area (Å²) in [5, 5.41) is 11.9. The molecule has 0 aromatic rings. The van der Waals surface area contributed by atoms with Gasteiger partial charge in [0, 0.05) is 31.5 Å². The smallest absolute Gasteiger partial charge is 0.239 e. The summed E-state index contributed by atoms with van der Waals surface area (Å²) in [5.41, 5.74) is 0.140. The molecule has 1 unspecified atom stereocenters. The molecule has 1 saturated heterocycles. The second kappa shape index (κ2) is 3.82. The number of amides is 1. The second-order valence-electron chi connectivity index (χ2n) is 4.77. The van der Waals surface area contributed by atoms with Gasteiger partial charge in [-0.15, -0.1) is 0 Å². The molecule has 4 nitrogen and oxygen atoms in total. The van der Waals surface area contributed by atoms with E-state index in [9.17, 15) is 4.79 Å². The molecule has 0 aromatic heterocycles. The average Bonchev–Trinajstić information content (AvgIpc) is 2.94. The lowest BCUT2D eigenvalue weighted by Gasteiger charge is -2.33. The van der Waals surface area contributed by atoms with E-state index in [1.54, 1.807) is 0 Å². The van der Waals surface area contributed by atoms with Crippen molar-refractivity contribution < 1.29 is 4.79 Å². The van der Waals surface area contributed by atoms with Crippen LogP contribution in [0.25, 0.3) is 0 Å². The highest BCUT2D eigenvalue weighted by Crippen LogP contribution is 2.49. The van der Waals surface area contributed by atoms with Gasteiger partial charge in [-0.2, -0.15) is 5.26 Å². The minimum atomic E-state index is -0.0587. The molecule has 82 valence electrons. The Morgan fingerprint density at radius 2 is 2.40 bits per heavy atom. The molecule has 4 heteroatoms. The van der Waals surface area contributed by atoms with Crippen molar-refractivity contribution in [3.8, 4) is 6.07 Å². The largest absolute Gasteiger partial charge is 0.339 e. The van der Waals surface area contributed by atoms with Gasteiger partial charge in [0.1, 0.15) is 0 Å². The molecule has 0 aromatic carbocycles. The summed E-state index contributed by atoms with van der Waals surface area (Å²) in [6, 6.07) is 2.17. The Labute approximate surface area is 90.2 Å². The zero-order chi connectivity index (χ0) is 10.9. The monoisotopic (exact) mass is 207 g/mol. The maximum Gasteiger partial charge on any atom is 0.239 e. The molecule has 1 saturated carbocycles. The minimum Gasteiger partial charge on any atom is -0.339 e. The Morgan fingerprint density at radius 1 is 1.67 bits per heavy atom. The third-order valence-electron chi connectivity index (χ3n) is 3.45. The van der Waals surface area contributed by atoms with Crippen molar-refractivity contribution >= 4 is 5.91 Å². The van der Waals surface area contributed by atoms with Gasteiger partial charge >= 0.3 is 0 Å². The number of nitrogens with one attached hydrogen (secondary N) is 1. The van der Waals surface area contributed by atoms with Gasteiger partial charge in [-0.1, -0.05) is 0 Å². The van der Waals surface area contributed by atoms with E-state index < -0.39 is 0 Å². The van der Waals surface area contributed by atoms with E-state index in [2.05, 4.69) is 11.4 Å². The number of piperazine rings is 1. The Balaban J connectivity index is 1.94. The number of nitriles is 1. The van der Waals surface area contributed by atoms with Crippen LogP contribution < -0.4 is 5.32 Å². The summed E-state index contributed by atoms with van der Waals surface area (Å²) in [6.45, 7) is 4.34. The molecule has 15 heavy (non-hydrogen) atoms. The highest BCUT2D eigenvalue weighted by atomic mass is 16.2. The van der Waals surface area contributed by atoms with Crippen molar-refractivity contribution in [2.24, 2.45) is 5.41 Å². The number of nitrogens with zero attached hydrogens (tertiary/aromatic N) is 2. The van der Waals surface area contributed by atoms with Crippen LogP contribution in [0, 0.1) is 16.7 Å². The van der Waals surface area contributed by atoms with E-state index in [1.165, 1.54) is 0 Å². The maximum absolute atomic E-state index is 11.8. The molecule has 0 radical (unpaired) electrons. The number of hydrogen-bond donors (Lipinski definition) is 1. The Bertz CT molecular complexity index is 303. The topological polar surface area (TPSA) is 56.1 Å². The van der Waals surface area contributed by atoms with Crippen LogP contribution in [-0.2, 0) is 4.79 Å². The average molecular weight is 207 g/mol. The summed E-state index contributed by atoms with van der Waals surface area (Å²) < 4.78 is 0. The fourth-order valence-electron chi connectivity index (χ4n) is 2.18. The van der Waals surface area contributed by atoms with Crippen LogP contribution in [0.3, 0.4) is 0 Å². The molecule has 1 amide bonds. The Hall–Kier alpha value is -1.08. The first-order chi connectivity index (χ1) is 7.17. The van der Waals surface area contributed by atoms with Crippen molar-refractivity contribution in [1.29, 1.82) is 5.26 Å². The van der Waals surface area contributed by atoms with Crippen LogP contribution in [0.15, 0.2) is 0 Å². The van der Waals surface area contributed by atoms with Gasteiger partial charge in [0.25, 0.3) is 0 Å². The van der Waals surface area contributed by atoms with Crippen LogP contribution >= 0.6 is 0 Å². The first-order valence-electron chi connectivity index (χ1n) is 5.56. The molecule has 0 spiro atoms. The van der Waals surface area contributed by atoms with Gasteiger partial charge < -0.3 is 10.2 Å². The van der Waals surface area contributed by atoms with Gasteiger partial charge in [0.15, 0.2) is 0 Å². The van der Waals surface area contributed by atoms with Crippen LogP contribution in [-0.4, -0.2) is 36.5 Å². The SMILES string of the molecule is CC1NCCN(CC2(CC#N)CC2)C1=O. The third kappa shape index (κ3) is 2.13. The van der Waals surface area contributed by atoms with Crippen molar-refractivity contribution in [3.63, 3.8) is 0 Å². The third-order valence-corrected chi connectivity index (χ3v) is 3.45. The number of rotatable bonds is 3. The van der Waals surface area contributed by atoms with Crippen LogP contribution in [0.2, 0.25) is 0 Å². The lowest BCUT2D eigenvalue weighted by Crippen LogP contribution is -2.54. The first-order valence-corrected chi connectivity index (χ1v) is 5.56.